The monoisotopic (exact) mass is 152 g/mol. The molecule has 0 radical (unpaired) electrons. The standard InChI is InChI=1S/C7H8N2O2/c1-2-4-5(8)3-6(10)9-7(4)11/h2,8H,3H2,1H3,(H,9,10,11)/b4-2+,8-5?. The average Bonchev–Trinajstić information content (AvgIpc) is 1.85. The Bertz CT molecular complexity index is 244. The summed E-state index contributed by atoms with van der Waals surface area (Å²) in [4.78, 5) is 21.6. The van der Waals surface area contributed by atoms with Crippen LogP contribution in [0.4, 0.5) is 0 Å². The fourth-order valence-corrected chi connectivity index (χ4v) is 0.936. The Kier molecular flexibility index (Phi) is 1.85. The smallest absolute Gasteiger partial charge is 0.259 e. The summed E-state index contributed by atoms with van der Waals surface area (Å²) in [5.41, 5.74) is 0.394. The molecule has 4 heteroatoms. The Morgan fingerprint density at radius 2 is 2.18 bits per heavy atom. The largest absolute Gasteiger partial charge is 0.304 e. The Morgan fingerprint density at radius 3 is 2.64 bits per heavy atom. The van der Waals surface area contributed by atoms with Crippen molar-refractivity contribution >= 4 is 17.5 Å². The van der Waals surface area contributed by atoms with Crippen LogP contribution < -0.4 is 5.32 Å². The summed E-state index contributed by atoms with van der Waals surface area (Å²) in [7, 11) is 0. The number of carbonyl (C=O) groups excluding carboxylic acids is 2. The molecule has 0 aliphatic carbocycles. The minimum atomic E-state index is -0.464. The second kappa shape index (κ2) is 2.65. The number of imide groups is 1. The second-order valence-corrected chi connectivity index (χ2v) is 2.23. The first-order valence-electron chi connectivity index (χ1n) is 3.23. The SMILES string of the molecule is C/C=C1\C(=N)CC(=O)NC1=O. The van der Waals surface area contributed by atoms with E-state index in [2.05, 4.69) is 5.32 Å². The molecule has 2 N–H and O–H groups in total. The van der Waals surface area contributed by atoms with Crippen molar-refractivity contribution in [3.63, 3.8) is 0 Å². The lowest BCUT2D eigenvalue weighted by Gasteiger charge is -2.13. The zero-order valence-corrected chi connectivity index (χ0v) is 6.10. The third kappa shape index (κ3) is 1.34. The van der Waals surface area contributed by atoms with Gasteiger partial charge in [-0.2, -0.15) is 0 Å². The normalized spacial score (nSPS) is 22.3. The second-order valence-electron chi connectivity index (χ2n) is 2.23. The van der Waals surface area contributed by atoms with Crippen LogP contribution in [0.2, 0.25) is 0 Å². The molecule has 0 atom stereocenters. The molecule has 4 nitrogen and oxygen atoms in total. The van der Waals surface area contributed by atoms with Crippen LogP contribution in [0.1, 0.15) is 13.3 Å². The van der Waals surface area contributed by atoms with Gasteiger partial charge in [0.25, 0.3) is 5.91 Å². The molecule has 1 aliphatic heterocycles. The van der Waals surface area contributed by atoms with Gasteiger partial charge in [0.15, 0.2) is 0 Å². The topological polar surface area (TPSA) is 70.0 Å². The summed E-state index contributed by atoms with van der Waals surface area (Å²) in [6, 6.07) is 0. The maximum atomic E-state index is 10.9. The number of rotatable bonds is 0. The molecule has 58 valence electrons. The first-order chi connectivity index (χ1) is 5.15. The van der Waals surface area contributed by atoms with Crippen molar-refractivity contribution in [1.82, 2.24) is 5.32 Å². The third-order valence-electron chi connectivity index (χ3n) is 1.45. The molecule has 0 saturated carbocycles. The van der Waals surface area contributed by atoms with Crippen LogP contribution in [-0.4, -0.2) is 17.5 Å². The molecule has 1 heterocycles. The summed E-state index contributed by atoms with van der Waals surface area (Å²) in [6.45, 7) is 1.67. The number of piperidine rings is 1. The van der Waals surface area contributed by atoms with Crippen LogP contribution >= 0.6 is 0 Å². The van der Waals surface area contributed by atoms with Crippen LogP contribution in [0.3, 0.4) is 0 Å². The molecule has 1 aliphatic rings. The molecule has 0 unspecified atom stereocenters. The van der Waals surface area contributed by atoms with Crippen molar-refractivity contribution in [1.29, 1.82) is 5.41 Å². The molecule has 11 heavy (non-hydrogen) atoms. The van der Waals surface area contributed by atoms with Crippen LogP contribution in [0.25, 0.3) is 0 Å². The molecule has 1 saturated heterocycles. The summed E-state index contributed by atoms with van der Waals surface area (Å²) < 4.78 is 0. The third-order valence-corrected chi connectivity index (χ3v) is 1.45. The van der Waals surface area contributed by atoms with Crippen LogP contribution in [-0.2, 0) is 9.59 Å². The quantitative estimate of drug-likeness (QED) is 0.379. The van der Waals surface area contributed by atoms with Gasteiger partial charge in [0.05, 0.1) is 17.7 Å². The summed E-state index contributed by atoms with van der Waals surface area (Å²) in [6.07, 6.45) is 1.54. The van der Waals surface area contributed by atoms with Crippen LogP contribution in [0, 0.1) is 5.41 Å². The van der Waals surface area contributed by atoms with E-state index in [0.29, 0.717) is 5.57 Å². The highest BCUT2D eigenvalue weighted by Gasteiger charge is 2.23. The number of hydrogen-bond donors (Lipinski definition) is 2. The predicted octanol–water partition coefficient (Wildman–Crippen LogP) is -0.00103. The van der Waals surface area contributed by atoms with E-state index in [0.717, 1.165) is 0 Å². The highest BCUT2D eigenvalue weighted by Crippen LogP contribution is 2.06. The molecule has 1 fully saturated rings. The molecular formula is C7H8N2O2. The van der Waals surface area contributed by atoms with E-state index < -0.39 is 11.8 Å². The van der Waals surface area contributed by atoms with E-state index in [1.807, 2.05) is 0 Å². The van der Waals surface area contributed by atoms with Gasteiger partial charge in [0, 0.05) is 0 Å². The predicted molar refractivity (Wildman–Crippen MR) is 39.3 cm³/mol. The van der Waals surface area contributed by atoms with Crippen molar-refractivity contribution < 1.29 is 9.59 Å². The minimum absolute atomic E-state index is 0.00537. The van der Waals surface area contributed by atoms with Gasteiger partial charge >= 0.3 is 0 Å². The molecule has 0 aromatic rings. The van der Waals surface area contributed by atoms with Gasteiger partial charge in [0.2, 0.25) is 5.91 Å². The van der Waals surface area contributed by atoms with Crippen molar-refractivity contribution in [3.05, 3.63) is 11.6 Å². The highest BCUT2D eigenvalue weighted by molar-refractivity contribution is 6.31. The molecule has 0 spiro atoms. The van der Waals surface area contributed by atoms with Crippen molar-refractivity contribution in [2.45, 2.75) is 13.3 Å². The Hall–Kier alpha value is -1.45. The number of hydrogen-bond acceptors (Lipinski definition) is 3. The number of amides is 2. The lowest BCUT2D eigenvalue weighted by Crippen LogP contribution is -2.40. The van der Waals surface area contributed by atoms with Crippen molar-refractivity contribution in [2.75, 3.05) is 0 Å². The van der Waals surface area contributed by atoms with E-state index in [4.69, 9.17) is 5.41 Å². The minimum Gasteiger partial charge on any atom is -0.304 e. The average molecular weight is 152 g/mol. The Balaban J connectivity index is 2.93. The van der Waals surface area contributed by atoms with Crippen molar-refractivity contribution in [3.8, 4) is 0 Å². The summed E-state index contributed by atoms with van der Waals surface area (Å²) >= 11 is 0. The lowest BCUT2D eigenvalue weighted by atomic mass is 10.0. The number of allylic oxidation sites excluding steroid dienone is 1. The highest BCUT2D eigenvalue weighted by atomic mass is 16.2. The molecule has 2 amide bonds. The summed E-state index contributed by atoms with van der Waals surface area (Å²) in [5, 5.41) is 9.38. The maximum Gasteiger partial charge on any atom is 0.259 e. The zero-order chi connectivity index (χ0) is 8.43. The van der Waals surface area contributed by atoms with E-state index in [1.165, 1.54) is 6.08 Å². The lowest BCUT2D eigenvalue weighted by molar-refractivity contribution is -0.128. The van der Waals surface area contributed by atoms with E-state index in [-0.39, 0.29) is 12.1 Å². The van der Waals surface area contributed by atoms with E-state index >= 15 is 0 Å². The van der Waals surface area contributed by atoms with Gasteiger partial charge in [-0.1, -0.05) is 6.08 Å². The van der Waals surface area contributed by atoms with E-state index in [9.17, 15) is 9.59 Å². The van der Waals surface area contributed by atoms with Gasteiger partial charge in [-0.15, -0.1) is 0 Å². The zero-order valence-electron chi connectivity index (χ0n) is 6.10. The Labute approximate surface area is 63.8 Å². The molecule has 0 aromatic carbocycles. The Morgan fingerprint density at radius 1 is 1.55 bits per heavy atom. The number of carbonyl (C=O) groups is 2. The van der Waals surface area contributed by atoms with Gasteiger partial charge in [-0.3, -0.25) is 14.9 Å². The van der Waals surface area contributed by atoms with E-state index in [1.54, 1.807) is 6.92 Å². The van der Waals surface area contributed by atoms with Gasteiger partial charge in [-0.05, 0) is 6.92 Å². The van der Waals surface area contributed by atoms with Crippen LogP contribution in [0.5, 0.6) is 0 Å². The van der Waals surface area contributed by atoms with Gasteiger partial charge in [0.1, 0.15) is 0 Å². The molecule has 0 bridgehead atoms. The fourth-order valence-electron chi connectivity index (χ4n) is 0.936. The first kappa shape index (κ1) is 7.65. The summed E-state index contributed by atoms with van der Waals surface area (Å²) in [5.74, 6) is -0.862. The van der Waals surface area contributed by atoms with Crippen molar-refractivity contribution in [2.24, 2.45) is 0 Å². The first-order valence-corrected chi connectivity index (χ1v) is 3.23. The van der Waals surface area contributed by atoms with Gasteiger partial charge in [-0.25, -0.2) is 0 Å². The molecule has 1 rings (SSSR count). The molecule has 0 aromatic heterocycles. The maximum absolute atomic E-state index is 10.9. The fraction of sp³-hybridized carbons (Fsp3) is 0.286. The van der Waals surface area contributed by atoms with Crippen LogP contribution in [0.15, 0.2) is 11.6 Å². The number of nitrogens with one attached hydrogen (secondary N) is 2. The molecular weight excluding hydrogens is 144 g/mol. The van der Waals surface area contributed by atoms with Gasteiger partial charge < -0.3 is 5.41 Å².